The lowest BCUT2D eigenvalue weighted by atomic mass is 10.2. The molecule has 0 amide bonds. The molecule has 3 aromatic rings. The van der Waals surface area contributed by atoms with Crippen molar-refractivity contribution in [3.63, 3.8) is 0 Å². The number of aromatic nitrogens is 3. The van der Waals surface area contributed by atoms with Crippen molar-refractivity contribution in [3.05, 3.63) is 73.6 Å². The van der Waals surface area contributed by atoms with E-state index < -0.39 is 5.97 Å². The Balaban J connectivity index is 1.73. The van der Waals surface area contributed by atoms with E-state index in [0.29, 0.717) is 16.3 Å². The van der Waals surface area contributed by atoms with Crippen LogP contribution in [0.15, 0.2) is 46.3 Å². The van der Waals surface area contributed by atoms with Gasteiger partial charge >= 0.3 is 5.97 Å². The summed E-state index contributed by atoms with van der Waals surface area (Å²) in [7, 11) is 1.44. The number of carbonyl (C=O) groups is 1. The van der Waals surface area contributed by atoms with Gasteiger partial charge in [-0.25, -0.2) is 10.2 Å². The van der Waals surface area contributed by atoms with E-state index >= 15 is 0 Å². The van der Waals surface area contributed by atoms with Crippen LogP contribution in [0.2, 0.25) is 10.0 Å². The van der Waals surface area contributed by atoms with Gasteiger partial charge in [0, 0.05) is 5.02 Å². The molecule has 2 aromatic carbocycles. The predicted octanol–water partition coefficient (Wildman–Crippen LogP) is 3.45. The van der Waals surface area contributed by atoms with Gasteiger partial charge in [-0.15, -0.1) is 10.2 Å². The molecule has 0 radical (unpaired) electrons. The number of methoxy groups -OCH3 is 1. The third kappa shape index (κ3) is 5.13. The summed E-state index contributed by atoms with van der Waals surface area (Å²) in [4.78, 5) is 26.4. The third-order valence-electron chi connectivity index (χ3n) is 3.79. The van der Waals surface area contributed by atoms with E-state index in [9.17, 15) is 9.59 Å². The number of hydrogen-bond donors (Lipinski definition) is 2. The lowest BCUT2D eigenvalue weighted by Gasteiger charge is -2.10. The quantitative estimate of drug-likeness (QED) is 0.257. The second-order valence-corrected chi connectivity index (χ2v) is 6.73. The zero-order valence-corrected chi connectivity index (χ0v) is 17.3. The van der Waals surface area contributed by atoms with Gasteiger partial charge in [0.25, 0.3) is 5.56 Å². The van der Waals surface area contributed by atoms with Crippen LogP contribution in [0.25, 0.3) is 0 Å². The number of aromatic amines is 1. The van der Waals surface area contributed by atoms with E-state index in [4.69, 9.17) is 32.7 Å². The van der Waals surface area contributed by atoms with Crippen LogP contribution in [0.3, 0.4) is 0 Å². The highest BCUT2D eigenvalue weighted by Gasteiger charge is 2.16. The summed E-state index contributed by atoms with van der Waals surface area (Å²) in [6, 6.07) is 9.29. The lowest BCUT2D eigenvalue weighted by molar-refractivity contribution is 0.0730. The molecule has 0 bridgehead atoms. The summed E-state index contributed by atoms with van der Waals surface area (Å²) >= 11 is 11.9. The van der Waals surface area contributed by atoms with Gasteiger partial charge in [-0.05, 0) is 48.9 Å². The standard InChI is InChI=1S/C19H15Cl2N5O4/c1-10-17(27)23-19(26-24-10)25-22-9-11-3-6-15(16(7-11)29-2)30-18(28)13-5-4-12(20)8-14(13)21/h3-9H,1-2H3,(H2,23,25,26,27)/b22-9+. The van der Waals surface area contributed by atoms with Crippen molar-refractivity contribution < 1.29 is 14.3 Å². The number of nitrogens with one attached hydrogen (secondary N) is 2. The third-order valence-corrected chi connectivity index (χ3v) is 4.33. The fourth-order valence-electron chi connectivity index (χ4n) is 2.27. The Bertz CT molecular complexity index is 1180. The average molecular weight is 448 g/mol. The number of rotatable bonds is 6. The van der Waals surface area contributed by atoms with E-state index in [1.165, 1.54) is 25.5 Å². The molecule has 0 aliphatic rings. The lowest BCUT2D eigenvalue weighted by Crippen LogP contribution is -2.15. The van der Waals surface area contributed by atoms with Gasteiger partial charge in [0.15, 0.2) is 11.5 Å². The molecule has 30 heavy (non-hydrogen) atoms. The summed E-state index contributed by atoms with van der Waals surface area (Å²) < 4.78 is 10.7. The molecule has 0 saturated carbocycles. The van der Waals surface area contributed by atoms with Crippen molar-refractivity contribution in [1.82, 2.24) is 15.2 Å². The average Bonchev–Trinajstić information content (AvgIpc) is 2.71. The van der Waals surface area contributed by atoms with Crippen molar-refractivity contribution >= 4 is 41.3 Å². The molecule has 2 N–H and O–H groups in total. The Morgan fingerprint density at radius 2 is 1.97 bits per heavy atom. The first-order valence-electron chi connectivity index (χ1n) is 8.45. The Morgan fingerprint density at radius 3 is 2.67 bits per heavy atom. The van der Waals surface area contributed by atoms with Crippen molar-refractivity contribution in [1.29, 1.82) is 0 Å². The molecule has 154 valence electrons. The Labute approximate surface area is 180 Å². The number of H-pyrrole nitrogens is 1. The number of carbonyl (C=O) groups excluding carboxylic acids is 1. The molecule has 3 rings (SSSR count). The zero-order chi connectivity index (χ0) is 21.7. The first-order valence-corrected chi connectivity index (χ1v) is 9.21. The molecule has 0 saturated heterocycles. The molecule has 0 aliphatic carbocycles. The second-order valence-electron chi connectivity index (χ2n) is 5.88. The van der Waals surface area contributed by atoms with E-state index in [2.05, 4.69) is 25.7 Å². The van der Waals surface area contributed by atoms with Gasteiger partial charge in [-0.3, -0.25) is 9.78 Å². The van der Waals surface area contributed by atoms with E-state index in [1.807, 2.05) is 0 Å². The maximum atomic E-state index is 12.4. The van der Waals surface area contributed by atoms with E-state index in [0.717, 1.165) is 0 Å². The first-order chi connectivity index (χ1) is 14.4. The zero-order valence-electron chi connectivity index (χ0n) is 15.8. The summed E-state index contributed by atoms with van der Waals surface area (Å²) in [6.07, 6.45) is 1.46. The SMILES string of the molecule is COc1cc(/C=N/Nc2nnc(C)c(=O)[nH]2)ccc1OC(=O)c1ccc(Cl)cc1Cl. The molecule has 0 spiro atoms. The predicted molar refractivity (Wildman–Crippen MR) is 113 cm³/mol. The van der Waals surface area contributed by atoms with Gasteiger partial charge in [-0.2, -0.15) is 5.10 Å². The largest absolute Gasteiger partial charge is 0.493 e. The number of halogens is 2. The second kappa shape index (κ2) is 9.38. The van der Waals surface area contributed by atoms with E-state index in [-0.39, 0.29) is 33.5 Å². The highest BCUT2D eigenvalue weighted by atomic mass is 35.5. The number of nitrogens with zero attached hydrogens (tertiary/aromatic N) is 3. The van der Waals surface area contributed by atoms with Crippen LogP contribution >= 0.6 is 23.2 Å². The van der Waals surface area contributed by atoms with Crippen molar-refractivity contribution in [2.24, 2.45) is 5.10 Å². The minimum Gasteiger partial charge on any atom is -0.493 e. The number of hydrazone groups is 1. The highest BCUT2D eigenvalue weighted by Crippen LogP contribution is 2.29. The monoisotopic (exact) mass is 447 g/mol. The van der Waals surface area contributed by atoms with Gasteiger partial charge in [0.1, 0.15) is 5.69 Å². The first kappa shape index (κ1) is 21.3. The van der Waals surface area contributed by atoms with Gasteiger partial charge < -0.3 is 9.47 Å². The highest BCUT2D eigenvalue weighted by molar-refractivity contribution is 6.36. The smallest absolute Gasteiger partial charge is 0.345 e. The minimum atomic E-state index is -0.653. The molecule has 0 fully saturated rings. The number of aryl methyl sites for hydroxylation is 1. The molecule has 1 heterocycles. The summed E-state index contributed by atoms with van der Waals surface area (Å²) in [5.74, 6) is -0.0487. The van der Waals surface area contributed by atoms with Crippen molar-refractivity contribution in [2.45, 2.75) is 6.92 Å². The number of anilines is 1. The van der Waals surface area contributed by atoms with Crippen LogP contribution < -0.4 is 20.5 Å². The van der Waals surface area contributed by atoms with Crippen LogP contribution in [0, 0.1) is 6.92 Å². The molecule has 0 atom stereocenters. The number of ether oxygens (including phenoxy) is 2. The summed E-state index contributed by atoms with van der Waals surface area (Å²) in [6.45, 7) is 1.54. The molecule has 9 nitrogen and oxygen atoms in total. The maximum Gasteiger partial charge on any atom is 0.345 e. The molecule has 1 aromatic heterocycles. The number of esters is 1. The molecular weight excluding hydrogens is 433 g/mol. The van der Waals surface area contributed by atoms with Crippen LogP contribution in [0.4, 0.5) is 5.95 Å². The van der Waals surface area contributed by atoms with E-state index in [1.54, 1.807) is 31.2 Å². The van der Waals surface area contributed by atoms with Crippen molar-refractivity contribution in [3.8, 4) is 11.5 Å². The van der Waals surface area contributed by atoms with Crippen LogP contribution in [-0.2, 0) is 0 Å². The fraction of sp³-hybridized carbons (Fsp3) is 0.105. The maximum absolute atomic E-state index is 12.4. The molecular formula is C19H15Cl2N5O4. The van der Waals surface area contributed by atoms with Crippen molar-refractivity contribution in [2.75, 3.05) is 12.5 Å². The Morgan fingerprint density at radius 1 is 1.17 bits per heavy atom. The van der Waals surface area contributed by atoms with Gasteiger partial charge in [0.2, 0.25) is 5.95 Å². The van der Waals surface area contributed by atoms with Gasteiger partial charge in [0.05, 0.1) is 23.9 Å². The molecule has 0 aliphatic heterocycles. The topological polar surface area (TPSA) is 119 Å². The van der Waals surface area contributed by atoms with Crippen LogP contribution in [0.5, 0.6) is 11.5 Å². The Hall–Kier alpha value is -3.43. The van der Waals surface area contributed by atoms with Crippen LogP contribution in [-0.4, -0.2) is 34.5 Å². The molecule has 0 unspecified atom stereocenters. The normalized spacial score (nSPS) is 10.8. The number of hydrogen-bond acceptors (Lipinski definition) is 8. The summed E-state index contributed by atoms with van der Waals surface area (Å²) in [5, 5.41) is 12.0. The molecule has 11 heteroatoms. The van der Waals surface area contributed by atoms with Gasteiger partial charge in [-0.1, -0.05) is 23.2 Å². The minimum absolute atomic E-state index is 0.0965. The fourth-order valence-corrected chi connectivity index (χ4v) is 2.76. The Kier molecular flexibility index (Phi) is 6.65. The van der Waals surface area contributed by atoms with Crippen LogP contribution in [0.1, 0.15) is 21.6 Å². The number of benzene rings is 2. The summed E-state index contributed by atoms with van der Waals surface area (Å²) in [5.41, 5.74) is 3.25.